The molecule has 0 bridgehead atoms. The summed E-state index contributed by atoms with van der Waals surface area (Å²) < 4.78 is 50.5. The van der Waals surface area contributed by atoms with Gasteiger partial charge in [-0.25, -0.2) is 18.2 Å². The monoisotopic (exact) mass is 508 g/mol. The van der Waals surface area contributed by atoms with E-state index in [9.17, 15) is 9.18 Å². The standard InChI is InChI=1S/C28H27F3N4O2/c1-14-9-16(11-17(32)10-14)18-5-7-33-13-23(18)35-28(36)22-4-3-20(29)26(34-22)24-21(30)12-19-15(2)6-8-37-27(19)25(24)31/h3-7,12-14,16-17H,8-11,32H2,1-2H3,(H,35,36)/t14-,16+,17-/m0/s1. The van der Waals surface area contributed by atoms with Gasteiger partial charge in [-0.15, -0.1) is 0 Å². The minimum absolute atomic E-state index is 0.0662. The van der Waals surface area contributed by atoms with Gasteiger partial charge in [-0.3, -0.25) is 9.78 Å². The summed E-state index contributed by atoms with van der Waals surface area (Å²) in [6.07, 6.45) is 7.54. The van der Waals surface area contributed by atoms with Crippen LogP contribution in [0.1, 0.15) is 60.6 Å². The molecule has 5 rings (SSSR count). The second-order valence-electron chi connectivity index (χ2n) is 9.84. The molecule has 6 nitrogen and oxygen atoms in total. The van der Waals surface area contributed by atoms with Crippen LogP contribution in [0, 0.1) is 23.4 Å². The number of allylic oxidation sites excluding steroid dienone is 1. The third kappa shape index (κ3) is 4.83. The molecule has 2 aromatic heterocycles. The second kappa shape index (κ2) is 9.97. The molecule has 0 spiro atoms. The average molecular weight is 509 g/mol. The number of halogens is 3. The van der Waals surface area contributed by atoms with Gasteiger partial charge in [0.1, 0.15) is 29.6 Å². The lowest BCUT2D eigenvalue weighted by molar-refractivity contribution is 0.102. The van der Waals surface area contributed by atoms with Crippen LogP contribution >= 0.6 is 0 Å². The number of amides is 1. The first-order valence-electron chi connectivity index (χ1n) is 12.2. The maximum Gasteiger partial charge on any atom is 0.274 e. The van der Waals surface area contributed by atoms with E-state index in [-0.39, 0.29) is 35.6 Å². The van der Waals surface area contributed by atoms with E-state index < -0.39 is 34.6 Å². The Bertz CT molecular complexity index is 1400. The van der Waals surface area contributed by atoms with E-state index >= 15 is 8.78 Å². The van der Waals surface area contributed by atoms with E-state index in [0.29, 0.717) is 17.2 Å². The van der Waals surface area contributed by atoms with E-state index in [4.69, 9.17) is 10.5 Å². The van der Waals surface area contributed by atoms with E-state index in [1.165, 1.54) is 6.07 Å². The summed E-state index contributed by atoms with van der Waals surface area (Å²) in [4.78, 5) is 21.3. The zero-order valence-electron chi connectivity index (χ0n) is 20.5. The van der Waals surface area contributed by atoms with Crippen LogP contribution in [0.2, 0.25) is 0 Å². The summed E-state index contributed by atoms with van der Waals surface area (Å²) in [6.45, 7) is 3.96. The van der Waals surface area contributed by atoms with Gasteiger partial charge in [-0.1, -0.05) is 6.92 Å². The van der Waals surface area contributed by atoms with Crippen molar-refractivity contribution in [3.63, 3.8) is 0 Å². The lowest BCUT2D eigenvalue weighted by atomic mass is 9.76. The Kier molecular flexibility index (Phi) is 6.72. The molecule has 3 N–H and O–H groups in total. The number of pyridine rings is 2. The predicted molar refractivity (Wildman–Crippen MR) is 135 cm³/mol. The Morgan fingerprint density at radius 3 is 2.73 bits per heavy atom. The number of carbonyl (C=O) groups is 1. The molecule has 1 saturated carbocycles. The lowest BCUT2D eigenvalue weighted by Gasteiger charge is -2.32. The van der Waals surface area contributed by atoms with Crippen LogP contribution in [0.15, 0.2) is 42.7 Å². The van der Waals surface area contributed by atoms with Gasteiger partial charge in [-0.2, -0.15) is 0 Å². The van der Waals surface area contributed by atoms with Crippen LogP contribution < -0.4 is 15.8 Å². The van der Waals surface area contributed by atoms with Crippen LogP contribution in [-0.2, 0) is 0 Å². The van der Waals surface area contributed by atoms with Gasteiger partial charge >= 0.3 is 0 Å². The number of hydrogen-bond donors (Lipinski definition) is 2. The number of nitrogens with one attached hydrogen (secondary N) is 1. The summed E-state index contributed by atoms with van der Waals surface area (Å²) in [6, 6.07) is 5.14. The fourth-order valence-electron chi connectivity index (χ4n) is 5.32. The highest BCUT2D eigenvalue weighted by Crippen LogP contribution is 2.40. The van der Waals surface area contributed by atoms with Crippen LogP contribution in [-0.4, -0.2) is 28.5 Å². The van der Waals surface area contributed by atoms with Crippen molar-refractivity contribution in [3.05, 3.63) is 77.0 Å². The summed E-state index contributed by atoms with van der Waals surface area (Å²) in [5, 5.41) is 2.79. The normalized spacial score (nSPS) is 21.0. The minimum atomic E-state index is -1.07. The van der Waals surface area contributed by atoms with Gasteiger partial charge < -0.3 is 15.8 Å². The molecule has 192 valence electrons. The number of aromatic nitrogens is 2. The summed E-state index contributed by atoms with van der Waals surface area (Å²) in [7, 11) is 0. The smallest absolute Gasteiger partial charge is 0.274 e. The van der Waals surface area contributed by atoms with Gasteiger partial charge in [0.25, 0.3) is 5.91 Å². The average Bonchev–Trinajstić information content (AvgIpc) is 2.85. The number of fused-ring (bicyclic) bond motifs is 1. The number of rotatable bonds is 4. The molecule has 3 aromatic rings. The van der Waals surface area contributed by atoms with E-state index in [1.54, 1.807) is 25.4 Å². The first-order chi connectivity index (χ1) is 17.7. The van der Waals surface area contributed by atoms with E-state index in [0.717, 1.165) is 37.0 Å². The molecule has 0 saturated heterocycles. The molecular formula is C28H27F3N4O2. The van der Waals surface area contributed by atoms with Crippen LogP contribution in [0.5, 0.6) is 5.75 Å². The Morgan fingerprint density at radius 1 is 1.14 bits per heavy atom. The molecular weight excluding hydrogens is 481 g/mol. The van der Waals surface area contributed by atoms with E-state index in [2.05, 4.69) is 22.2 Å². The molecule has 1 aromatic carbocycles. The highest BCUT2D eigenvalue weighted by atomic mass is 19.1. The Morgan fingerprint density at radius 2 is 1.95 bits per heavy atom. The quantitative estimate of drug-likeness (QED) is 0.462. The van der Waals surface area contributed by atoms with Crippen molar-refractivity contribution in [2.24, 2.45) is 11.7 Å². The number of nitrogens with zero attached hydrogens (tertiary/aromatic N) is 2. The highest BCUT2D eigenvalue weighted by Gasteiger charge is 2.29. The second-order valence-corrected chi connectivity index (χ2v) is 9.84. The SMILES string of the molecule is CC1=CCOc2c1cc(F)c(-c1nc(C(=O)Nc3cnccc3[C@@H]3C[C@H](C)C[C@H](N)C3)ccc1F)c2F. The van der Waals surface area contributed by atoms with Crippen molar-refractivity contribution in [2.75, 3.05) is 11.9 Å². The van der Waals surface area contributed by atoms with Crippen LogP contribution in [0.25, 0.3) is 16.8 Å². The van der Waals surface area contributed by atoms with Crippen molar-refractivity contribution in [2.45, 2.75) is 45.1 Å². The van der Waals surface area contributed by atoms with Crippen molar-refractivity contribution in [1.29, 1.82) is 0 Å². The van der Waals surface area contributed by atoms with Crippen molar-refractivity contribution < 1.29 is 22.7 Å². The van der Waals surface area contributed by atoms with Crippen molar-refractivity contribution in [1.82, 2.24) is 9.97 Å². The zero-order chi connectivity index (χ0) is 26.3. The predicted octanol–water partition coefficient (Wildman–Crippen LogP) is 5.84. The molecule has 1 fully saturated rings. The molecule has 1 aliphatic heterocycles. The fourth-order valence-corrected chi connectivity index (χ4v) is 5.32. The summed E-state index contributed by atoms with van der Waals surface area (Å²) in [5.41, 5.74) is 7.03. The van der Waals surface area contributed by atoms with Crippen LogP contribution in [0.4, 0.5) is 18.9 Å². The zero-order valence-corrected chi connectivity index (χ0v) is 20.5. The molecule has 0 radical (unpaired) electrons. The van der Waals surface area contributed by atoms with E-state index in [1.807, 2.05) is 6.07 Å². The number of benzene rings is 1. The molecule has 0 unspecified atom stereocenters. The molecule has 1 amide bonds. The highest BCUT2D eigenvalue weighted by molar-refractivity contribution is 6.03. The number of carbonyl (C=O) groups excluding carboxylic acids is 1. The third-order valence-electron chi connectivity index (χ3n) is 7.05. The lowest BCUT2D eigenvalue weighted by Crippen LogP contribution is -2.31. The van der Waals surface area contributed by atoms with Gasteiger partial charge in [0.15, 0.2) is 11.6 Å². The largest absolute Gasteiger partial charge is 0.486 e. The molecule has 9 heteroatoms. The van der Waals surface area contributed by atoms with Crippen LogP contribution in [0.3, 0.4) is 0 Å². The molecule has 1 aliphatic carbocycles. The minimum Gasteiger partial charge on any atom is -0.486 e. The maximum absolute atomic E-state index is 15.3. The molecule has 2 aliphatic rings. The summed E-state index contributed by atoms with van der Waals surface area (Å²) >= 11 is 0. The molecule has 37 heavy (non-hydrogen) atoms. The number of anilines is 1. The van der Waals surface area contributed by atoms with Crippen molar-refractivity contribution >= 4 is 17.2 Å². The van der Waals surface area contributed by atoms with Crippen molar-refractivity contribution in [3.8, 4) is 17.0 Å². The first kappa shape index (κ1) is 25.0. The Labute approximate surface area is 212 Å². The number of ether oxygens (including phenoxy) is 1. The third-order valence-corrected chi connectivity index (χ3v) is 7.05. The summed E-state index contributed by atoms with van der Waals surface area (Å²) in [5.74, 6) is -3.28. The maximum atomic E-state index is 15.3. The van der Waals surface area contributed by atoms with Gasteiger partial charge in [0.2, 0.25) is 0 Å². The number of hydrogen-bond acceptors (Lipinski definition) is 5. The Hall–Kier alpha value is -3.72. The fraction of sp³-hybridized carbons (Fsp3) is 0.321. The van der Waals surface area contributed by atoms with Gasteiger partial charge in [-0.05, 0) is 79.5 Å². The van der Waals surface area contributed by atoms with Gasteiger partial charge in [0, 0.05) is 17.8 Å². The Balaban J connectivity index is 1.48. The molecule has 3 atom stereocenters. The first-order valence-corrected chi connectivity index (χ1v) is 12.2. The molecule has 3 heterocycles. The topological polar surface area (TPSA) is 90.1 Å². The number of nitrogens with two attached hydrogens (primary N) is 1. The van der Waals surface area contributed by atoms with Gasteiger partial charge in [0.05, 0.1) is 17.4 Å².